The third kappa shape index (κ3) is 2.71. The molecule has 1 aromatic rings. The van der Waals surface area contributed by atoms with E-state index >= 15 is 0 Å². The van der Waals surface area contributed by atoms with Crippen LogP contribution in [0, 0.1) is 0 Å². The minimum Gasteiger partial charge on any atom is -0.472 e. The van der Waals surface area contributed by atoms with Crippen LogP contribution in [0.25, 0.3) is 0 Å². The number of rotatable bonds is 4. The molecule has 0 bridgehead atoms. The van der Waals surface area contributed by atoms with Gasteiger partial charge in [-0.1, -0.05) is 13.0 Å². The molecule has 1 aliphatic rings. The van der Waals surface area contributed by atoms with Gasteiger partial charge in [0.1, 0.15) is 6.10 Å². The van der Waals surface area contributed by atoms with E-state index < -0.39 is 0 Å². The summed E-state index contributed by atoms with van der Waals surface area (Å²) in [6.07, 6.45) is 2.82. The number of hydrogen-bond donors (Lipinski definition) is 1. The molecular formula is C12H17NO3. The second kappa shape index (κ2) is 5.27. The van der Waals surface area contributed by atoms with Gasteiger partial charge in [-0.05, 0) is 5.56 Å². The van der Waals surface area contributed by atoms with Crippen LogP contribution in [0.1, 0.15) is 24.8 Å². The van der Waals surface area contributed by atoms with Crippen LogP contribution in [0.3, 0.4) is 0 Å². The summed E-state index contributed by atoms with van der Waals surface area (Å²) >= 11 is 0. The van der Waals surface area contributed by atoms with Crippen LogP contribution in [0.5, 0.6) is 5.88 Å². The first kappa shape index (κ1) is 11.4. The largest absolute Gasteiger partial charge is 0.472 e. The van der Waals surface area contributed by atoms with Crippen molar-refractivity contribution in [2.45, 2.75) is 25.4 Å². The highest BCUT2D eigenvalue weighted by atomic mass is 16.5. The highest BCUT2D eigenvalue weighted by Gasteiger charge is 2.17. The first-order valence-corrected chi connectivity index (χ1v) is 5.61. The van der Waals surface area contributed by atoms with E-state index in [1.54, 1.807) is 6.20 Å². The normalized spacial score (nSPS) is 22.0. The average molecular weight is 223 g/mol. The molecule has 1 aliphatic heterocycles. The monoisotopic (exact) mass is 223 g/mol. The van der Waals surface area contributed by atoms with E-state index in [0.29, 0.717) is 12.5 Å². The second-order valence-corrected chi connectivity index (χ2v) is 4.12. The van der Waals surface area contributed by atoms with E-state index in [1.807, 2.05) is 19.1 Å². The molecule has 0 spiro atoms. The minimum absolute atomic E-state index is 0.122. The Bertz CT molecular complexity index is 320. The molecule has 1 saturated heterocycles. The smallest absolute Gasteiger partial charge is 0.213 e. The number of aromatic nitrogens is 1. The quantitative estimate of drug-likeness (QED) is 0.837. The molecule has 0 amide bonds. The lowest BCUT2D eigenvalue weighted by molar-refractivity contribution is 0.138. The standard InChI is InChI=1S/C12H17NO3/c1-9(7-14)10-2-3-12(13-6-10)16-11-4-5-15-8-11/h2-3,6,9,11,14H,4-5,7-8H2,1H3. The molecule has 0 radical (unpaired) electrons. The van der Waals surface area contributed by atoms with Crippen molar-refractivity contribution < 1.29 is 14.6 Å². The number of ether oxygens (including phenoxy) is 2. The van der Waals surface area contributed by atoms with Gasteiger partial charge in [-0.25, -0.2) is 4.98 Å². The highest BCUT2D eigenvalue weighted by Crippen LogP contribution is 2.18. The fraction of sp³-hybridized carbons (Fsp3) is 0.583. The maximum atomic E-state index is 9.01. The molecular weight excluding hydrogens is 206 g/mol. The van der Waals surface area contributed by atoms with Crippen LogP contribution in [-0.2, 0) is 4.74 Å². The van der Waals surface area contributed by atoms with Gasteiger partial charge in [-0.2, -0.15) is 0 Å². The first-order valence-electron chi connectivity index (χ1n) is 5.61. The summed E-state index contributed by atoms with van der Waals surface area (Å²) in [5.74, 6) is 0.751. The number of pyridine rings is 1. The Morgan fingerprint density at radius 2 is 2.50 bits per heavy atom. The molecule has 0 aliphatic carbocycles. The molecule has 0 saturated carbocycles. The van der Waals surface area contributed by atoms with Gasteiger partial charge in [0.15, 0.2) is 0 Å². The Morgan fingerprint density at radius 3 is 3.06 bits per heavy atom. The lowest BCUT2D eigenvalue weighted by Gasteiger charge is -2.12. The van der Waals surface area contributed by atoms with Crippen molar-refractivity contribution in [1.82, 2.24) is 4.98 Å². The zero-order valence-electron chi connectivity index (χ0n) is 9.43. The molecule has 16 heavy (non-hydrogen) atoms. The maximum absolute atomic E-state index is 9.01. The second-order valence-electron chi connectivity index (χ2n) is 4.12. The van der Waals surface area contributed by atoms with Gasteiger partial charge in [0.2, 0.25) is 5.88 Å². The van der Waals surface area contributed by atoms with Gasteiger partial charge in [0, 0.05) is 31.2 Å². The molecule has 2 rings (SSSR count). The summed E-state index contributed by atoms with van der Waals surface area (Å²) in [6, 6.07) is 3.79. The zero-order chi connectivity index (χ0) is 11.4. The van der Waals surface area contributed by atoms with Crippen molar-refractivity contribution in [2.24, 2.45) is 0 Å². The Morgan fingerprint density at radius 1 is 1.62 bits per heavy atom. The van der Waals surface area contributed by atoms with E-state index in [2.05, 4.69) is 4.98 Å². The summed E-state index contributed by atoms with van der Waals surface area (Å²) in [5, 5.41) is 9.01. The van der Waals surface area contributed by atoms with E-state index in [1.165, 1.54) is 0 Å². The summed E-state index contributed by atoms with van der Waals surface area (Å²) in [4.78, 5) is 4.22. The van der Waals surface area contributed by atoms with E-state index in [9.17, 15) is 0 Å². The number of nitrogens with zero attached hydrogens (tertiary/aromatic N) is 1. The number of aliphatic hydroxyl groups excluding tert-OH is 1. The van der Waals surface area contributed by atoms with E-state index in [4.69, 9.17) is 14.6 Å². The highest BCUT2D eigenvalue weighted by molar-refractivity contribution is 5.21. The fourth-order valence-corrected chi connectivity index (χ4v) is 1.63. The topological polar surface area (TPSA) is 51.6 Å². The zero-order valence-corrected chi connectivity index (χ0v) is 9.43. The molecule has 2 heterocycles. The van der Waals surface area contributed by atoms with Crippen LogP contribution >= 0.6 is 0 Å². The van der Waals surface area contributed by atoms with Crippen LogP contribution in [-0.4, -0.2) is 36.0 Å². The third-order valence-corrected chi connectivity index (χ3v) is 2.78. The Labute approximate surface area is 95.2 Å². The van der Waals surface area contributed by atoms with Crippen molar-refractivity contribution in [1.29, 1.82) is 0 Å². The van der Waals surface area contributed by atoms with Crippen molar-refractivity contribution in [3.05, 3.63) is 23.9 Å². The van der Waals surface area contributed by atoms with Gasteiger partial charge in [0.05, 0.1) is 13.2 Å². The van der Waals surface area contributed by atoms with Gasteiger partial charge in [-0.3, -0.25) is 0 Å². The molecule has 88 valence electrons. The van der Waals surface area contributed by atoms with Crippen LogP contribution in [0.4, 0.5) is 0 Å². The van der Waals surface area contributed by atoms with Crippen LogP contribution < -0.4 is 4.74 Å². The Hall–Kier alpha value is -1.13. The van der Waals surface area contributed by atoms with Crippen molar-refractivity contribution in [3.63, 3.8) is 0 Å². The van der Waals surface area contributed by atoms with E-state index in [-0.39, 0.29) is 18.6 Å². The summed E-state index contributed by atoms with van der Waals surface area (Å²) < 4.78 is 10.9. The predicted molar refractivity (Wildman–Crippen MR) is 59.6 cm³/mol. The van der Waals surface area contributed by atoms with Gasteiger partial charge in [-0.15, -0.1) is 0 Å². The molecule has 4 heteroatoms. The molecule has 1 N–H and O–H groups in total. The van der Waals surface area contributed by atoms with E-state index in [0.717, 1.165) is 18.6 Å². The number of aliphatic hydroxyl groups is 1. The minimum atomic E-state index is 0.122. The number of hydrogen-bond acceptors (Lipinski definition) is 4. The van der Waals surface area contributed by atoms with Crippen molar-refractivity contribution in [3.8, 4) is 5.88 Å². The van der Waals surface area contributed by atoms with Gasteiger partial charge < -0.3 is 14.6 Å². The maximum Gasteiger partial charge on any atom is 0.213 e. The van der Waals surface area contributed by atoms with Crippen LogP contribution in [0.2, 0.25) is 0 Å². The Balaban J connectivity index is 1.96. The van der Waals surface area contributed by atoms with Gasteiger partial charge >= 0.3 is 0 Å². The molecule has 4 nitrogen and oxygen atoms in total. The third-order valence-electron chi connectivity index (χ3n) is 2.78. The lowest BCUT2D eigenvalue weighted by Crippen LogP contribution is -2.16. The molecule has 2 unspecified atom stereocenters. The van der Waals surface area contributed by atoms with Crippen molar-refractivity contribution >= 4 is 0 Å². The van der Waals surface area contributed by atoms with Crippen molar-refractivity contribution in [2.75, 3.05) is 19.8 Å². The van der Waals surface area contributed by atoms with Gasteiger partial charge in [0.25, 0.3) is 0 Å². The fourth-order valence-electron chi connectivity index (χ4n) is 1.63. The summed E-state index contributed by atoms with van der Waals surface area (Å²) in [6.45, 7) is 3.52. The molecule has 0 aromatic carbocycles. The summed E-state index contributed by atoms with van der Waals surface area (Å²) in [5.41, 5.74) is 1.03. The Kier molecular flexibility index (Phi) is 3.74. The molecule has 1 fully saturated rings. The lowest BCUT2D eigenvalue weighted by atomic mass is 10.1. The van der Waals surface area contributed by atoms with Crippen LogP contribution in [0.15, 0.2) is 18.3 Å². The predicted octanol–water partition coefficient (Wildman–Crippen LogP) is 1.35. The SMILES string of the molecule is CC(CO)c1ccc(OC2CCOC2)nc1. The summed E-state index contributed by atoms with van der Waals surface area (Å²) in [7, 11) is 0. The average Bonchev–Trinajstić information content (AvgIpc) is 2.82. The first-order chi connectivity index (χ1) is 7.79. The molecule has 2 atom stereocenters. The molecule has 1 aromatic heterocycles.